The number of carboxylic acids is 1. The summed E-state index contributed by atoms with van der Waals surface area (Å²) in [4.78, 5) is 23.0. The molecule has 0 bridgehead atoms. The van der Waals surface area contributed by atoms with Crippen molar-refractivity contribution in [1.82, 2.24) is 5.32 Å². The summed E-state index contributed by atoms with van der Waals surface area (Å²) in [5, 5.41) is 11.9. The fourth-order valence-corrected chi connectivity index (χ4v) is 1.85. The van der Waals surface area contributed by atoms with Gasteiger partial charge >= 0.3 is 5.97 Å². The Kier molecular flexibility index (Phi) is 4.91. The Labute approximate surface area is 116 Å². The van der Waals surface area contributed by atoms with E-state index in [4.69, 9.17) is 17.3 Å². The highest BCUT2D eigenvalue weighted by molar-refractivity contribution is 6.31. The maximum Gasteiger partial charge on any atom is 0.330 e. The second-order valence-corrected chi connectivity index (χ2v) is 5.43. The van der Waals surface area contributed by atoms with Crippen molar-refractivity contribution in [3.8, 4) is 0 Å². The molecular formula is C13H17ClN2O3. The van der Waals surface area contributed by atoms with E-state index in [1.54, 1.807) is 38.1 Å². The van der Waals surface area contributed by atoms with Gasteiger partial charge in [-0.1, -0.05) is 29.8 Å². The summed E-state index contributed by atoms with van der Waals surface area (Å²) in [5.74, 6) is -1.60. The van der Waals surface area contributed by atoms with E-state index in [0.717, 1.165) is 0 Å². The van der Waals surface area contributed by atoms with E-state index >= 15 is 0 Å². The summed E-state index contributed by atoms with van der Waals surface area (Å²) in [6, 6.07) is 5.32. The first-order valence-electron chi connectivity index (χ1n) is 5.76. The van der Waals surface area contributed by atoms with Crippen LogP contribution in [0.15, 0.2) is 24.3 Å². The molecule has 0 aromatic heterocycles. The lowest BCUT2D eigenvalue weighted by Gasteiger charge is -2.21. The lowest BCUT2D eigenvalue weighted by molar-refractivity contribution is -0.142. The van der Waals surface area contributed by atoms with Crippen LogP contribution in [0.25, 0.3) is 0 Å². The first kappa shape index (κ1) is 15.5. The molecule has 0 spiro atoms. The van der Waals surface area contributed by atoms with Gasteiger partial charge in [0.1, 0.15) is 0 Å². The third kappa shape index (κ3) is 4.89. The summed E-state index contributed by atoms with van der Waals surface area (Å²) in [5.41, 5.74) is 5.37. The predicted molar refractivity (Wildman–Crippen MR) is 72.9 cm³/mol. The fraction of sp³-hybridized carbons (Fsp3) is 0.385. The van der Waals surface area contributed by atoms with Gasteiger partial charge < -0.3 is 16.2 Å². The largest absolute Gasteiger partial charge is 0.479 e. The molecule has 1 aromatic rings. The van der Waals surface area contributed by atoms with E-state index in [2.05, 4.69) is 5.32 Å². The Balaban J connectivity index is 2.89. The number of nitrogens with one attached hydrogen (secondary N) is 1. The van der Waals surface area contributed by atoms with Gasteiger partial charge in [0.15, 0.2) is 6.04 Å². The maximum absolute atomic E-state index is 11.8. The van der Waals surface area contributed by atoms with Crippen LogP contribution < -0.4 is 11.1 Å². The number of carbonyl (C=O) groups is 2. The van der Waals surface area contributed by atoms with Gasteiger partial charge in [-0.15, -0.1) is 0 Å². The van der Waals surface area contributed by atoms with Crippen molar-refractivity contribution >= 4 is 23.5 Å². The average molecular weight is 285 g/mol. The molecule has 0 unspecified atom stereocenters. The van der Waals surface area contributed by atoms with Gasteiger partial charge in [0.05, 0.1) is 0 Å². The molecule has 0 aliphatic heterocycles. The monoisotopic (exact) mass is 284 g/mol. The summed E-state index contributed by atoms with van der Waals surface area (Å²) in [6.07, 6.45) is 0.0290. The second kappa shape index (κ2) is 6.04. The van der Waals surface area contributed by atoms with E-state index in [-0.39, 0.29) is 6.42 Å². The van der Waals surface area contributed by atoms with E-state index < -0.39 is 23.5 Å². The smallest absolute Gasteiger partial charge is 0.330 e. The summed E-state index contributed by atoms with van der Waals surface area (Å²) < 4.78 is 0. The van der Waals surface area contributed by atoms with Crippen molar-refractivity contribution < 1.29 is 14.7 Å². The number of hydrogen-bond acceptors (Lipinski definition) is 3. The zero-order valence-electron chi connectivity index (χ0n) is 10.8. The predicted octanol–water partition coefficient (Wildman–Crippen LogP) is 1.71. The zero-order valence-corrected chi connectivity index (χ0v) is 11.6. The first-order chi connectivity index (χ1) is 8.70. The Hall–Kier alpha value is -1.59. The van der Waals surface area contributed by atoms with Crippen LogP contribution in [0, 0.1) is 0 Å². The van der Waals surface area contributed by atoms with Crippen LogP contribution in [0.1, 0.15) is 31.9 Å². The van der Waals surface area contributed by atoms with Gasteiger partial charge in [0.2, 0.25) is 5.91 Å². The average Bonchev–Trinajstić information content (AvgIpc) is 2.24. The van der Waals surface area contributed by atoms with Crippen molar-refractivity contribution in [1.29, 1.82) is 0 Å². The van der Waals surface area contributed by atoms with Crippen LogP contribution in [-0.2, 0) is 9.59 Å². The van der Waals surface area contributed by atoms with Gasteiger partial charge in [0, 0.05) is 22.5 Å². The third-order valence-electron chi connectivity index (χ3n) is 2.38. The third-order valence-corrected chi connectivity index (χ3v) is 2.73. The standard InChI is InChI=1S/C13H17ClN2O3/c1-13(2,15)7-10(17)16-11(12(18)19)8-5-3-4-6-9(8)14/h3-6,11H,7,15H2,1-2H3,(H,16,17)(H,18,19)/t11-/m1/s1. The molecule has 1 atom stereocenters. The molecule has 1 amide bonds. The minimum atomic E-state index is -1.18. The number of carbonyl (C=O) groups excluding carboxylic acids is 1. The van der Waals surface area contributed by atoms with Crippen molar-refractivity contribution in [2.75, 3.05) is 0 Å². The van der Waals surface area contributed by atoms with Crippen molar-refractivity contribution in [2.24, 2.45) is 5.73 Å². The molecule has 5 nitrogen and oxygen atoms in total. The molecule has 0 radical (unpaired) electrons. The quantitative estimate of drug-likeness (QED) is 0.767. The van der Waals surface area contributed by atoms with Crippen molar-refractivity contribution in [3.05, 3.63) is 34.9 Å². The summed E-state index contributed by atoms with van der Waals surface area (Å²) in [7, 11) is 0. The zero-order chi connectivity index (χ0) is 14.6. The number of benzene rings is 1. The van der Waals surface area contributed by atoms with Crippen LogP contribution >= 0.6 is 11.6 Å². The maximum atomic E-state index is 11.8. The number of carboxylic acid groups (broad SMARTS) is 1. The first-order valence-corrected chi connectivity index (χ1v) is 6.14. The van der Waals surface area contributed by atoms with E-state index in [1.165, 1.54) is 0 Å². The molecule has 4 N–H and O–H groups in total. The van der Waals surface area contributed by atoms with Crippen LogP contribution in [0.4, 0.5) is 0 Å². The SMILES string of the molecule is CC(C)(N)CC(=O)N[C@@H](C(=O)O)c1ccccc1Cl. The number of aliphatic carboxylic acids is 1. The Morgan fingerprint density at radius 3 is 2.47 bits per heavy atom. The minimum absolute atomic E-state index is 0.0290. The number of rotatable bonds is 5. The molecule has 0 fully saturated rings. The van der Waals surface area contributed by atoms with E-state index in [1.807, 2.05) is 0 Å². The molecule has 0 heterocycles. The minimum Gasteiger partial charge on any atom is -0.479 e. The van der Waals surface area contributed by atoms with Crippen LogP contribution in [0.3, 0.4) is 0 Å². The van der Waals surface area contributed by atoms with Crippen molar-refractivity contribution in [2.45, 2.75) is 31.8 Å². The lowest BCUT2D eigenvalue weighted by atomic mass is 10.0. The van der Waals surface area contributed by atoms with Gasteiger partial charge in [-0.25, -0.2) is 4.79 Å². The molecule has 0 aliphatic rings. The molecule has 104 valence electrons. The molecule has 0 saturated heterocycles. The number of halogens is 1. The van der Waals surface area contributed by atoms with Crippen molar-refractivity contribution in [3.63, 3.8) is 0 Å². The van der Waals surface area contributed by atoms with Gasteiger partial charge in [-0.3, -0.25) is 4.79 Å². The molecule has 1 aromatic carbocycles. The van der Waals surface area contributed by atoms with Gasteiger partial charge in [0.25, 0.3) is 0 Å². The highest BCUT2D eigenvalue weighted by atomic mass is 35.5. The normalized spacial score (nSPS) is 12.8. The Morgan fingerprint density at radius 2 is 2.00 bits per heavy atom. The molecule has 19 heavy (non-hydrogen) atoms. The molecule has 6 heteroatoms. The summed E-state index contributed by atoms with van der Waals surface area (Å²) in [6.45, 7) is 3.38. The Morgan fingerprint density at radius 1 is 1.42 bits per heavy atom. The fourth-order valence-electron chi connectivity index (χ4n) is 1.61. The summed E-state index contributed by atoms with van der Waals surface area (Å²) >= 11 is 5.94. The highest BCUT2D eigenvalue weighted by Crippen LogP contribution is 2.23. The molecule has 0 aliphatic carbocycles. The van der Waals surface area contributed by atoms with Gasteiger partial charge in [-0.2, -0.15) is 0 Å². The van der Waals surface area contributed by atoms with E-state index in [0.29, 0.717) is 10.6 Å². The molecular weight excluding hydrogens is 268 g/mol. The molecule has 1 rings (SSSR count). The molecule has 0 saturated carbocycles. The Bertz CT molecular complexity index is 483. The highest BCUT2D eigenvalue weighted by Gasteiger charge is 2.26. The lowest BCUT2D eigenvalue weighted by Crippen LogP contribution is -2.41. The number of amides is 1. The second-order valence-electron chi connectivity index (χ2n) is 5.03. The number of nitrogens with two attached hydrogens (primary N) is 1. The van der Waals surface area contributed by atoms with Crippen LogP contribution in [-0.4, -0.2) is 22.5 Å². The van der Waals surface area contributed by atoms with Gasteiger partial charge in [-0.05, 0) is 19.9 Å². The van der Waals surface area contributed by atoms with Crippen LogP contribution in [0.5, 0.6) is 0 Å². The van der Waals surface area contributed by atoms with Crippen LogP contribution in [0.2, 0.25) is 5.02 Å². The number of hydrogen-bond donors (Lipinski definition) is 3. The topological polar surface area (TPSA) is 92.4 Å². The van der Waals surface area contributed by atoms with E-state index in [9.17, 15) is 14.7 Å².